The van der Waals surface area contributed by atoms with Gasteiger partial charge in [-0.05, 0) is 73.4 Å². The van der Waals surface area contributed by atoms with Crippen molar-refractivity contribution in [1.82, 2.24) is 0 Å². The minimum atomic E-state index is -5.00. The van der Waals surface area contributed by atoms with E-state index >= 15 is 0 Å². The topological polar surface area (TPSA) is 9.23 Å². The first-order chi connectivity index (χ1) is 18.2. The highest BCUT2D eigenvalue weighted by molar-refractivity contribution is 5.86. The number of hydrogen-bond donors (Lipinski definition) is 0. The Labute approximate surface area is 218 Å². The van der Waals surface area contributed by atoms with Gasteiger partial charge in [-0.1, -0.05) is 24.7 Å². The number of halogens is 9. The molecule has 3 aromatic carbocycles. The molecule has 1 nitrogen and oxygen atoms in total. The number of rotatable bonds is 3. The highest BCUT2D eigenvalue weighted by Gasteiger charge is 2.41. The van der Waals surface area contributed by atoms with Crippen LogP contribution in [0.25, 0.3) is 10.8 Å². The third-order valence-electron chi connectivity index (χ3n) is 6.34. The molecule has 4 rings (SSSR count). The van der Waals surface area contributed by atoms with Crippen molar-refractivity contribution in [2.45, 2.75) is 44.9 Å². The lowest BCUT2D eigenvalue weighted by molar-refractivity contribution is -0.189. The molecule has 0 aromatic heterocycles. The third-order valence-corrected chi connectivity index (χ3v) is 6.34. The fourth-order valence-corrected chi connectivity index (χ4v) is 4.33. The number of hydrogen-bond acceptors (Lipinski definition) is 1. The van der Waals surface area contributed by atoms with Crippen LogP contribution < -0.4 is 4.74 Å². The number of ether oxygens (including phenoxy) is 1. The highest BCUT2D eigenvalue weighted by atomic mass is 19.4. The smallest absolute Gasteiger partial charge is 0.429 e. The van der Waals surface area contributed by atoms with Crippen LogP contribution in [0, 0.1) is 58.8 Å². The second kappa shape index (κ2) is 10.8. The van der Waals surface area contributed by atoms with E-state index < -0.39 is 57.8 Å². The maximum atomic E-state index is 14.8. The van der Waals surface area contributed by atoms with Gasteiger partial charge in [-0.2, -0.15) is 22.0 Å². The number of alkyl halides is 5. The molecule has 0 N–H and O–H groups in total. The van der Waals surface area contributed by atoms with Crippen LogP contribution in [0.15, 0.2) is 36.4 Å². The van der Waals surface area contributed by atoms with Crippen LogP contribution in [0.3, 0.4) is 0 Å². The van der Waals surface area contributed by atoms with E-state index in [-0.39, 0.29) is 16.9 Å². The van der Waals surface area contributed by atoms with Crippen molar-refractivity contribution in [3.05, 3.63) is 76.4 Å². The molecule has 39 heavy (non-hydrogen) atoms. The molecule has 0 aliphatic heterocycles. The van der Waals surface area contributed by atoms with Gasteiger partial charge >= 0.3 is 12.3 Å². The molecule has 3 aromatic rings. The Bertz CT molecular complexity index is 1500. The second-order valence-electron chi connectivity index (χ2n) is 9.34. The van der Waals surface area contributed by atoms with Gasteiger partial charge in [-0.3, -0.25) is 0 Å². The zero-order chi connectivity index (χ0) is 28.5. The van der Waals surface area contributed by atoms with Crippen LogP contribution in [0.1, 0.15) is 49.3 Å². The SMILES string of the molecule is CC1CCC(C#Cc2cc(F)c(C(F)(F)Oc3ccc4c(F)c(C#CC(F)(F)F)c(F)cc4c3)c(F)c2)CC1. The lowest BCUT2D eigenvalue weighted by atomic mass is 9.83. The quantitative estimate of drug-likeness (QED) is 0.233. The van der Waals surface area contributed by atoms with Crippen LogP contribution in [0.2, 0.25) is 0 Å². The predicted molar refractivity (Wildman–Crippen MR) is 126 cm³/mol. The Morgan fingerprint density at radius 1 is 0.795 bits per heavy atom. The first-order valence-electron chi connectivity index (χ1n) is 11.8. The Balaban J connectivity index is 1.60. The molecular formula is C29H19F9O. The molecule has 0 saturated heterocycles. The fraction of sp³-hybridized carbons (Fsp3) is 0.310. The minimum Gasteiger partial charge on any atom is -0.429 e. The monoisotopic (exact) mass is 554 g/mol. The molecule has 1 aliphatic carbocycles. The molecular weight excluding hydrogens is 535 g/mol. The molecule has 1 fully saturated rings. The van der Waals surface area contributed by atoms with Crippen molar-refractivity contribution in [1.29, 1.82) is 0 Å². The molecule has 0 unspecified atom stereocenters. The van der Waals surface area contributed by atoms with Crippen molar-refractivity contribution < 1.29 is 44.3 Å². The summed E-state index contributed by atoms with van der Waals surface area (Å²) >= 11 is 0. The van der Waals surface area contributed by atoms with Crippen molar-refractivity contribution >= 4 is 10.8 Å². The summed E-state index contributed by atoms with van der Waals surface area (Å²) in [5.74, 6) is 1.46. The average molecular weight is 554 g/mol. The van der Waals surface area contributed by atoms with Gasteiger partial charge in [0.05, 0.1) is 5.56 Å². The fourth-order valence-electron chi connectivity index (χ4n) is 4.33. The Kier molecular flexibility index (Phi) is 7.79. The van der Waals surface area contributed by atoms with Gasteiger partial charge in [0.2, 0.25) is 0 Å². The van der Waals surface area contributed by atoms with Gasteiger partial charge in [-0.15, -0.1) is 0 Å². The molecule has 204 valence electrons. The molecule has 10 heteroatoms. The zero-order valence-corrected chi connectivity index (χ0v) is 20.3. The molecule has 1 aliphatic rings. The summed E-state index contributed by atoms with van der Waals surface area (Å²) in [5.41, 5.74) is -2.97. The summed E-state index contributed by atoms with van der Waals surface area (Å²) < 4.78 is 129. The van der Waals surface area contributed by atoms with E-state index in [4.69, 9.17) is 0 Å². The average Bonchev–Trinajstić information content (AvgIpc) is 2.82. The summed E-state index contributed by atoms with van der Waals surface area (Å²) in [6.45, 7) is 2.12. The molecule has 0 radical (unpaired) electrons. The lowest BCUT2D eigenvalue weighted by Gasteiger charge is -2.22. The normalized spacial score (nSPS) is 17.7. The zero-order valence-electron chi connectivity index (χ0n) is 20.3. The first-order valence-corrected chi connectivity index (χ1v) is 11.8. The number of benzene rings is 3. The van der Waals surface area contributed by atoms with E-state index in [1.54, 1.807) is 0 Å². The van der Waals surface area contributed by atoms with E-state index in [0.29, 0.717) is 24.1 Å². The summed E-state index contributed by atoms with van der Waals surface area (Å²) in [5, 5.41) is -0.800. The summed E-state index contributed by atoms with van der Waals surface area (Å²) in [6, 6.07) is 4.29. The Morgan fingerprint density at radius 3 is 2.05 bits per heavy atom. The molecule has 0 amide bonds. The van der Waals surface area contributed by atoms with Crippen LogP contribution in [-0.4, -0.2) is 6.18 Å². The molecule has 0 atom stereocenters. The van der Waals surface area contributed by atoms with E-state index in [0.717, 1.165) is 49.8 Å². The maximum Gasteiger partial charge on any atom is 0.458 e. The van der Waals surface area contributed by atoms with Gasteiger partial charge in [0.25, 0.3) is 0 Å². The van der Waals surface area contributed by atoms with Crippen molar-refractivity contribution in [2.75, 3.05) is 0 Å². The minimum absolute atomic E-state index is 0.0483. The van der Waals surface area contributed by atoms with Crippen LogP contribution in [0.5, 0.6) is 5.75 Å². The van der Waals surface area contributed by atoms with Crippen molar-refractivity contribution in [3.8, 4) is 29.4 Å². The van der Waals surface area contributed by atoms with Crippen molar-refractivity contribution in [3.63, 3.8) is 0 Å². The van der Waals surface area contributed by atoms with Gasteiger partial charge in [-0.25, -0.2) is 17.6 Å². The molecule has 0 spiro atoms. The molecule has 0 bridgehead atoms. The highest BCUT2D eigenvalue weighted by Crippen LogP contribution is 2.37. The first kappa shape index (κ1) is 28.2. The largest absolute Gasteiger partial charge is 0.458 e. The van der Waals surface area contributed by atoms with Gasteiger partial charge in [0.15, 0.2) is 0 Å². The second-order valence-corrected chi connectivity index (χ2v) is 9.34. The summed E-state index contributed by atoms with van der Waals surface area (Å²) in [6.07, 6.45) is -5.91. The predicted octanol–water partition coefficient (Wildman–Crippen LogP) is 8.62. The van der Waals surface area contributed by atoms with Gasteiger partial charge in [0.1, 0.15) is 34.6 Å². The third kappa shape index (κ3) is 6.62. The molecule has 1 saturated carbocycles. The maximum absolute atomic E-state index is 14.8. The van der Waals surface area contributed by atoms with Gasteiger partial charge in [0, 0.05) is 22.8 Å². The standard InChI is InChI=1S/C29H19F9O/c1-16-2-4-17(5-3-16)6-7-18-12-24(31)26(25(32)13-18)29(37,38)39-20-8-9-21-19(14-20)15-23(30)22(27(21)33)10-11-28(34,35)36/h8-9,12-17H,2-5H2,1H3. The van der Waals surface area contributed by atoms with Crippen LogP contribution >= 0.6 is 0 Å². The van der Waals surface area contributed by atoms with Crippen LogP contribution in [-0.2, 0) is 6.11 Å². The van der Waals surface area contributed by atoms with Gasteiger partial charge < -0.3 is 4.74 Å². The summed E-state index contributed by atoms with van der Waals surface area (Å²) in [4.78, 5) is 0. The number of fused-ring (bicyclic) bond motifs is 1. The van der Waals surface area contributed by atoms with Crippen molar-refractivity contribution in [2.24, 2.45) is 11.8 Å². The molecule has 0 heterocycles. The van der Waals surface area contributed by atoms with E-state index in [2.05, 4.69) is 23.5 Å². The Hall–Kier alpha value is -3.79. The van der Waals surface area contributed by atoms with Crippen LogP contribution in [0.4, 0.5) is 39.5 Å². The summed E-state index contributed by atoms with van der Waals surface area (Å²) in [7, 11) is 0. The Morgan fingerprint density at radius 2 is 1.44 bits per heavy atom. The lowest BCUT2D eigenvalue weighted by Crippen LogP contribution is -2.25. The van der Waals surface area contributed by atoms with E-state index in [1.807, 2.05) is 0 Å². The van der Waals surface area contributed by atoms with E-state index in [1.165, 1.54) is 5.92 Å². The van der Waals surface area contributed by atoms with E-state index in [9.17, 15) is 39.5 Å².